The van der Waals surface area contributed by atoms with Crippen molar-refractivity contribution >= 4 is 45.5 Å². The number of benzene rings is 2. The molecule has 5 heteroatoms. The summed E-state index contributed by atoms with van der Waals surface area (Å²) >= 11 is 5.27. The maximum Gasteiger partial charge on any atom is 0.226 e. The largest absolute Gasteiger partial charge is 0.332 e. The predicted octanol–water partition coefficient (Wildman–Crippen LogP) is 4.29. The van der Waals surface area contributed by atoms with Crippen molar-refractivity contribution in [1.82, 2.24) is 5.32 Å². The zero-order valence-electron chi connectivity index (χ0n) is 15.3. The van der Waals surface area contributed by atoms with Gasteiger partial charge in [-0.2, -0.15) is 0 Å². The Balaban J connectivity index is 1.54. The molecule has 4 nitrogen and oxygen atoms in total. The Bertz CT molecular complexity index is 875. The number of ketones is 1. The molecule has 0 radical (unpaired) electrons. The number of rotatable bonds is 4. The van der Waals surface area contributed by atoms with Crippen LogP contribution in [0.2, 0.25) is 0 Å². The second-order valence-electron chi connectivity index (χ2n) is 7.69. The van der Waals surface area contributed by atoms with Crippen molar-refractivity contribution in [1.29, 1.82) is 0 Å². The number of carbonyl (C=O) groups excluding carboxylic acids is 2. The summed E-state index contributed by atoms with van der Waals surface area (Å²) in [6.45, 7) is 5.75. The Morgan fingerprint density at radius 2 is 1.85 bits per heavy atom. The van der Waals surface area contributed by atoms with Gasteiger partial charge in [0.25, 0.3) is 0 Å². The minimum Gasteiger partial charge on any atom is -0.332 e. The van der Waals surface area contributed by atoms with Crippen molar-refractivity contribution in [2.75, 3.05) is 5.32 Å². The first kappa shape index (κ1) is 18.5. The van der Waals surface area contributed by atoms with Gasteiger partial charge in [-0.15, -0.1) is 0 Å². The second-order valence-corrected chi connectivity index (χ2v) is 8.09. The van der Waals surface area contributed by atoms with Gasteiger partial charge in [0.05, 0.1) is 0 Å². The molecule has 0 aliphatic heterocycles. The van der Waals surface area contributed by atoms with Crippen LogP contribution in [-0.2, 0) is 9.59 Å². The van der Waals surface area contributed by atoms with Crippen molar-refractivity contribution in [3.8, 4) is 0 Å². The smallest absolute Gasteiger partial charge is 0.226 e. The lowest BCUT2D eigenvalue weighted by Crippen LogP contribution is -2.50. The van der Waals surface area contributed by atoms with Gasteiger partial charge in [-0.3, -0.25) is 9.59 Å². The number of thiocarbonyl (C=S) groups is 1. The summed E-state index contributed by atoms with van der Waals surface area (Å²) in [6.07, 6.45) is 1.16. The molecule has 1 saturated carbocycles. The first-order chi connectivity index (χ1) is 12.3. The van der Waals surface area contributed by atoms with E-state index < -0.39 is 0 Å². The Morgan fingerprint density at radius 1 is 1.15 bits per heavy atom. The maximum absolute atomic E-state index is 12.3. The average molecular weight is 369 g/mol. The Labute approximate surface area is 159 Å². The number of Topliss-reactive ketones (excluding diaryl/α,β-unsaturated/α-hetero) is 1. The first-order valence-corrected chi connectivity index (χ1v) is 9.28. The molecule has 2 aromatic carbocycles. The summed E-state index contributed by atoms with van der Waals surface area (Å²) in [7, 11) is 0. The highest BCUT2D eigenvalue weighted by Gasteiger charge is 2.50. The predicted molar refractivity (Wildman–Crippen MR) is 109 cm³/mol. The highest BCUT2D eigenvalue weighted by atomic mass is 32.1. The lowest BCUT2D eigenvalue weighted by Gasteiger charge is -2.51. The van der Waals surface area contributed by atoms with Crippen molar-refractivity contribution < 1.29 is 9.59 Å². The summed E-state index contributed by atoms with van der Waals surface area (Å²) in [5.41, 5.74) is 0.714. The van der Waals surface area contributed by atoms with Gasteiger partial charge < -0.3 is 10.6 Å². The summed E-state index contributed by atoms with van der Waals surface area (Å²) in [5.74, 6) is 0.367. The van der Waals surface area contributed by atoms with Crippen LogP contribution in [0.3, 0.4) is 0 Å². The Kier molecular flexibility index (Phi) is 5.10. The van der Waals surface area contributed by atoms with Crippen LogP contribution < -0.4 is 10.6 Å². The van der Waals surface area contributed by atoms with E-state index in [0.717, 1.165) is 22.9 Å². The highest BCUT2D eigenvalue weighted by Crippen LogP contribution is 2.53. The summed E-state index contributed by atoms with van der Waals surface area (Å²) in [5, 5.41) is 8.38. The van der Waals surface area contributed by atoms with E-state index in [-0.39, 0.29) is 28.9 Å². The molecular weight excluding hydrogens is 344 g/mol. The van der Waals surface area contributed by atoms with Gasteiger partial charge >= 0.3 is 0 Å². The van der Waals surface area contributed by atoms with Crippen molar-refractivity contribution in [3.05, 3.63) is 42.5 Å². The summed E-state index contributed by atoms with van der Waals surface area (Å²) in [4.78, 5) is 23.9. The molecule has 0 saturated heterocycles. The van der Waals surface area contributed by atoms with Crippen LogP contribution in [0.15, 0.2) is 42.5 Å². The van der Waals surface area contributed by atoms with Gasteiger partial charge in [0, 0.05) is 18.0 Å². The normalized spacial score (nSPS) is 20.9. The molecule has 2 N–H and O–H groups in total. The monoisotopic (exact) mass is 368 g/mol. The van der Waals surface area contributed by atoms with Crippen LogP contribution in [0.4, 0.5) is 5.69 Å². The van der Waals surface area contributed by atoms with Crippen LogP contribution in [0.25, 0.3) is 10.8 Å². The molecule has 3 rings (SSSR count). The van der Waals surface area contributed by atoms with E-state index in [2.05, 4.69) is 24.5 Å². The van der Waals surface area contributed by atoms with Crippen molar-refractivity contribution in [3.63, 3.8) is 0 Å². The van der Waals surface area contributed by atoms with Crippen molar-refractivity contribution in [2.24, 2.45) is 17.3 Å². The molecule has 2 aromatic rings. The van der Waals surface area contributed by atoms with Gasteiger partial charge in [-0.1, -0.05) is 44.2 Å². The molecule has 0 heterocycles. The second kappa shape index (κ2) is 7.16. The molecule has 0 bridgehead atoms. The van der Waals surface area contributed by atoms with Gasteiger partial charge in [-0.25, -0.2) is 0 Å². The zero-order chi connectivity index (χ0) is 18.9. The fourth-order valence-electron chi connectivity index (χ4n) is 3.88. The number of amides is 1. The molecule has 0 spiro atoms. The number of hydrogen-bond acceptors (Lipinski definition) is 3. The molecule has 0 aromatic heterocycles. The fourth-order valence-corrected chi connectivity index (χ4v) is 4.11. The number of nitrogens with one attached hydrogen (secondary N) is 2. The van der Waals surface area contributed by atoms with Gasteiger partial charge in [0.1, 0.15) is 5.78 Å². The molecule has 1 amide bonds. The molecule has 2 atom stereocenters. The van der Waals surface area contributed by atoms with Crippen LogP contribution in [0.1, 0.15) is 33.6 Å². The highest BCUT2D eigenvalue weighted by molar-refractivity contribution is 7.80. The summed E-state index contributed by atoms with van der Waals surface area (Å²) < 4.78 is 0. The van der Waals surface area contributed by atoms with Crippen LogP contribution >= 0.6 is 12.2 Å². The van der Waals surface area contributed by atoms with Crippen molar-refractivity contribution in [2.45, 2.75) is 33.6 Å². The van der Waals surface area contributed by atoms with E-state index in [1.54, 1.807) is 6.92 Å². The van der Waals surface area contributed by atoms with Gasteiger partial charge in [0.2, 0.25) is 5.91 Å². The van der Waals surface area contributed by atoms with Crippen LogP contribution in [-0.4, -0.2) is 16.8 Å². The molecule has 136 valence electrons. The van der Waals surface area contributed by atoms with E-state index in [1.807, 2.05) is 42.5 Å². The first-order valence-electron chi connectivity index (χ1n) is 8.87. The summed E-state index contributed by atoms with van der Waals surface area (Å²) in [6, 6.07) is 14.0. The fraction of sp³-hybridized carbons (Fsp3) is 0.381. The quantitative estimate of drug-likeness (QED) is 0.790. The molecule has 1 fully saturated rings. The molecule has 1 aliphatic carbocycles. The lowest BCUT2D eigenvalue weighted by molar-refractivity contribution is -0.140. The average Bonchev–Trinajstić information content (AvgIpc) is 2.57. The lowest BCUT2D eigenvalue weighted by atomic mass is 9.52. The third-order valence-electron chi connectivity index (χ3n) is 5.65. The van der Waals surface area contributed by atoms with Gasteiger partial charge in [-0.05, 0) is 59.8 Å². The number of carbonyl (C=O) groups is 2. The zero-order valence-corrected chi connectivity index (χ0v) is 16.2. The van der Waals surface area contributed by atoms with E-state index in [9.17, 15) is 9.59 Å². The van der Waals surface area contributed by atoms with Gasteiger partial charge in [0.15, 0.2) is 5.11 Å². The van der Waals surface area contributed by atoms with Crippen LogP contribution in [0.5, 0.6) is 0 Å². The third-order valence-corrected chi connectivity index (χ3v) is 5.86. The molecule has 26 heavy (non-hydrogen) atoms. The topological polar surface area (TPSA) is 58.2 Å². The maximum atomic E-state index is 12.3. The molecule has 0 unspecified atom stereocenters. The standard InChI is InChI=1S/C21H24N2O2S/c1-13(24)18-11-16(21(18,2)3)12-19(25)23-20(26)22-17-9-8-14-6-4-5-7-15(14)10-17/h4-10,16,18H,11-12H2,1-3H3,(H2,22,23,25,26)/t16-,18-/m1/s1. The number of fused-ring (bicyclic) bond motifs is 1. The Hall–Kier alpha value is -2.27. The number of anilines is 1. The minimum absolute atomic E-state index is 0.0583. The molecular formula is C21H24N2O2S. The van der Waals surface area contributed by atoms with Crippen LogP contribution in [0, 0.1) is 17.3 Å². The van der Waals surface area contributed by atoms with E-state index in [4.69, 9.17) is 12.2 Å². The number of hydrogen-bond donors (Lipinski definition) is 2. The van der Waals surface area contributed by atoms with E-state index >= 15 is 0 Å². The van der Waals surface area contributed by atoms with E-state index in [0.29, 0.717) is 11.5 Å². The SMILES string of the molecule is CC(=O)[C@H]1C[C@H](CC(=O)NC(=S)Nc2ccc3ccccc3c2)C1(C)C. The Morgan fingerprint density at radius 3 is 2.50 bits per heavy atom. The molecule has 1 aliphatic rings. The van der Waals surface area contributed by atoms with E-state index in [1.165, 1.54) is 0 Å². The third kappa shape index (κ3) is 3.78. The minimum atomic E-state index is -0.128.